The zero-order valence-corrected chi connectivity index (χ0v) is 12.0. The third-order valence-electron chi connectivity index (χ3n) is 0.189. The first-order valence-electron chi connectivity index (χ1n) is 1.61. The van der Waals surface area contributed by atoms with E-state index in [1.54, 1.807) is 21.0 Å². The van der Waals surface area contributed by atoms with Gasteiger partial charge in [-0.1, -0.05) is 52.0 Å². The SMILES string of the molecule is C.C.C.C.C.C.C.O=[S-](=O)C(F)(F)F.[Cl][Ir]([Cl])[Cl].[O]=[Ag]. The van der Waals surface area contributed by atoms with Crippen molar-refractivity contribution in [3.8, 4) is 0 Å². The molecule has 0 rings (SSSR count). The van der Waals surface area contributed by atoms with Gasteiger partial charge in [-0.05, 0) is 0 Å². The third-order valence-corrected chi connectivity index (χ3v) is 0.567. The minimum absolute atomic E-state index is 0. The number of alkyl halides is 3. The summed E-state index contributed by atoms with van der Waals surface area (Å²) in [5.41, 5.74) is -5.08. The van der Waals surface area contributed by atoms with Crippen molar-refractivity contribution in [3.05, 3.63) is 0 Å². The molecule has 0 atom stereocenters. The maximum absolute atomic E-state index is 10.6. The Kier molecular flexibility index (Phi) is 145. The summed E-state index contributed by atoms with van der Waals surface area (Å²) in [5.74, 6) is 0. The van der Waals surface area contributed by atoms with Gasteiger partial charge in [0.05, 0.1) is 0 Å². The Labute approximate surface area is 155 Å². The van der Waals surface area contributed by atoms with Gasteiger partial charge in [-0.3, -0.25) is 0 Å². The molecular weight excluding hydrogens is 640 g/mol. The van der Waals surface area contributed by atoms with Gasteiger partial charge in [0.1, 0.15) is 0 Å². The Bertz CT molecular complexity index is 189. The van der Waals surface area contributed by atoms with Crippen molar-refractivity contribution in [2.75, 3.05) is 0 Å². The number of halogens is 6. The Balaban J connectivity index is -0.00000000881. The van der Waals surface area contributed by atoms with Crippen molar-refractivity contribution in [3.63, 3.8) is 0 Å². The van der Waals surface area contributed by atoms with Crippen LogP contribution in [-0.2, 0) is 56.9 Å². The predicted molar refractivity (Wildman–Crippen MR) is 80.2 cm³/mol. The molecule has 0 aliphatic rings. The topological polar surface area (TPSA) is 51.2 Å². The Morgan fingerprint density at radius 2 is 0.800 bits per heavy atom. The first-order chi connectivity index (χ1) is 5.68. The fraction of sp³-hybridized carbons (Fsp3) is 1.00. The first kappa shape index (κ1) is 67.7. The zero-order chi connectivity index (χ0) is 11.7. The van der Waals surface area contributed by atoms with Gasteiger partial charge in [0.25, 0.3) is 0 Å². The van der Waals surface area contributed by atoms with Crippen LogP contribution in [0.25, 0.3) is 0 Å². The monoisotopic (exact) mass is 666 g/mol. The van der Waals surface area contributed by atoms with Gasteiger partial charge in [-0.25, -0.2) is 0 Å². The first-order valence-corrected chi connectivity index (χ1v) is 12.2. The van der Waals surface area contributed by atoms with Crippen LogP contribution in [0.15, 0.2) is 0 Å². The molecule has 0 unspecified atom stereocenters. The third kappa shape index (κ3) is 115. The molecule has 0 spiro atoms. The molecular formula is C8H28AgCl3F3IrO3S-. The Hall–Kier alpha value is 1.80. The van der Waals surface area contributed by atoms with Gasteiger partial charge in [-0.2, -0.15) is 13.2 Å². The second-order valence-corrected chi connectivity index (χ2v) is 12.1. The standard InChI is InChI=1S/CF3O2S.7CH4.Ag.3ClH.Ir.O/c2-1(3,4)7(5)6;;;;;;;;;;;;;/h;7*1H4;;3*1H;;/q-1;;;;;;;;;;;;+3;/p-3. The molecule has 0 fully saturated rings. The summed E-state index contributed by atoms with van der Waals surface area (Å²) in [6.45, 7) is 0. The molecule has 0 N–H and O–H groups in total. The molecule has 0 aromatic rings. The van der Waals surface area contributed by atoms with E-state index in [2.05, 4.69) is 0 Å². The normalized spacial score (nSPS) is 6.95. The zero-order valence-electron chi connectivity index (χ0n) is 5.04. The van der Waals surface area contributed by atoms with Crippen LogP contribution < -0.4 is 0 Å². The summed E-state index contributed by atoms with van der Waals surface area (Å²) in [6, 6.07) is 0. The maximum atomic E-state index is 10.6. The van der Waals surface area contributed by atoms with Gasteiger partial charge in [0, 0.05) is 10.7 Å². The van der Waals surface area contributed by atoms with E-state index in [1.807, 2.05) is 0 Å². The molecule has 0 aliphatic heterocycles. The second kappa shape index (κ2) is 42.8. The average molecular weight is 668 g/mol. The van der Waals surface area contributed by atoms with Crippen LogP contribution in [0.5, 0.6) is 0 Å². The molecule has 3 nitrogen and oxygen atoms in total. The van der Waals surface area contributed by atoms with Crippen molar-refractivity contribution >= 4 is 39.5 Å². The van der Waals surface area contributed by atoms with Crippen LogP contribution in [-0.4, -0.2) is 5.51 Å². The Morgan fingerprint density at radius 1 is 0.750 bits per heavy atom. The van der Waals surface area contributed by atoms with Crippen molar-refractivity contribution in [1.29, 1.82) is 0 Å². The average Bonchev–Trinajstić information content (AvgIpc) is 1.88. The summed E-state index contributed by atoms with van der Waals surface area (Å²) in [5, 5.41) is 0. The fourth-order valence-electron chi connectivity index (χ4n) is 0. The summed E-state index contributed by atoms with van der Waals surface area (Å²) in [4.78, 5) is 0. The molecule has 0 saturated carbocycles. The quantitative estimate of drug-likeness (QED) is 0.203. The van der Waals surface area contributed by atoms with E-state index in [9.17, 15) is 13.2 Å². The van der Waals surface area contributed by atoms with E-state index in [-0.39, 0.29) is 52.0 Å². The van der Waals surface area contributed by atoms with Crippen LogP contribution in [0.2, 0.25) is 0 Å². The summed E-state index contributed by atoms with van der Waals surface area (Å²) in [7, 11) is 11.0. The van der Waals surface area contributed by atoms with Crippen LogP contribution >= 0.6 is 28.8 Å². The van der Waals surface area contributed by atoms with E-state index in [0.29, 0.717) is 0 Å². The van der Waals surface area contributed by atoms with Gasteiger partial charge in [-0.15, -0.1) is 0 Å². The molecule has 0 amide bonds. The molecule has 0 aromatic carbocycles. The van der Waals surface area contributed by atoms with Crippen LogP contribution in [0, 0.1) is 0 Å². The van der Waals surface area contributed by atoms with Gasteiger partial charge in [0.15, 0.2) is 0 Å². The minimum atomic E-state index is -5.08. The second-order valence-electron chi connectivity index (χ2n) is 0.823. The molecule has 20 heavy (non-hydrogen) atoms. The molecule has 12 heteroatoms. The van der Waals surface area contributed by atoms with Crippen LogP contribution in [0.4, 0.5) is 13.2 Å². The molecule has 0 radical (unpaired) electrons. The Morgan fingerprint density at radius 3 is 0.800 bits per heavy atom. The van der Waals surface area contributed by atoms with Crippen molar-refractivity contribution < 1.29 is 59.3 Å². The van der Waals surface area contributed by atoms with Crippen molar-refractivity contribution in [2.24, 2.45) is 0 Å². The fourth-order valence-corrected chi connectivity index (χ4v) is 0. The van der Waals surface area contributed by atoms with Gasteiger partial charge in [0.2, 0.25) is 0 Å². The molecule has 147 valence electrons. The van der Waals surface area contributed by atoms with Gasteiger partial charge >= 0.3 is 72.0 Å². The van der Waals surface area contributed by atoms with Crippen molar-refractivity contribution in [1.82, 2.24) is 0 Å². The van der Waals surface area contributed by atoms with E-state index < -0.39 is 29.7 Å². The number of hydrogen-bond acceptors (Lipinski definition) is 4. The van der Waals surface area contributed by atoms with E-state index in [1.165, 1.54) is 0 Å². The summed E-state index contributed by atoms with van der Waals surface area (Å²) in [6.07, 6.45) is 0. The predicted octanol–water partition coefficient (Wildman–Crippen LogP) is 7.21. The van der Waals surface area contributed by atoms with E-state index in [4.69, 9.17) is 40.4 Å². The number of hydrogen-bond donors (Lipinski definition) is 0. The molecule has 0 aromatic heterocycles. The molecule has 0 bridgehead atoms. The molecule has 0 saturated heterocycles. The van der Waals surface area contributed by atoms with Crippen LogP contribution in [0.3, 0.4) is 0 Å². The van der Waals surface area contributed by atoms with Gasteiger partial charge < -0.3 is 8.42 Å². The van der Waals surface area contributed by atoms with E-state index >= 15 is 0 Å². The molecule has 0 heterocycles. The van der Waals surface area contributed by atoms with E-state index in [0.717, 1.165) is 0 Å². The number of rotatable bonds is 0. The summed E-state index contributed by atoms with van der Waals surface area (Å²) < 4.78 is 57.5. The van der Waals surface area contributed by atoms with Crippen molar-refractivity contribution in [2.45, 2.75) is 57.5 Å². The molecule has 0 aliphatic carbocycles. The summed E-state index contributed by atoms with van der Waals surface area (Å²) >= 11 is -0.217. The van der Waals surface area contributed by atoms with Crippen LogP contribution in [0.1, 0.15) is 52.0 Å².